The van der Waals surface area contributed by atoms with Gasteiger partial charge in [-0.15, -0.1) is 0 Å². The average Bonchev–Trinajstić information content (AvgIpc) is 2.49. The van der Waals surface area contributed by atoms with Crippen molar-refractivity contribution in [2.45, 2.75) is 6.42 Å². The summed E-state index contributed by atoms with van der Waals surface area (Å²) in [6.07, 6.45) is 0.375. The Labute approximate surface area is 124 Å². The van der Waals surface area contributed by atoms with Crippen LogP contribution in [-0.4, -0.2) is 20.0 Å². The molecule has 0 radical (unpaired) electrons. The van der Waals surface area contributed by atoms with Crippen LogP contribution in [0.1, 0.15) is 15.9 Å². The number of nitrogens with zero attached hydrogens (tertiary/aromatic N) is 2. The maximum absolute atomic E-state index is 12.1. The lowest BCUT2D eigenvalue weighted by atomic mass is 10.1. The summed E-state index contributed by atoms with van der Waals surface area (Å²) in [4.78, 5) is 14.1. The van der Waals surface area contributed by atoms with Gasteiger partial charge in [-0.25, -0.2) is 0 Å². The van der Waals surface area contributed by atoms with Gasteiger partial charge in [-0.05, 0) is 42.0 Å². The molecule has 0 saturated carbocycles. The fourth-order valence-electron chi connectivity index (χ4n) is 1.91. The molecule has 1 amide bonds. The third-order valence-electron chi connectivity index (χ3n) is 3.14. The van der Waals surface area contributed by atoms with Gasteiger partial charge in [-0.1, -0.05) is 12.1 Å². The Hall–Kier alpha value is -2.80. The number of anilines is 2. The van der Waals surface area contributed by atoms with Gasteiger partial charge in [0.2, 0.25) is 0 Å². The van der Waals surface area contributed by atoms with E-state index in [1.165, 1.54) is 0 Å². The van der Waals surface area contributed by atoms with Crippen molar-refractivity contribution >= 4 is 17.3 Å². The van der Waals surface area contributed by atoms with Crippen LogP contribution in [0.2, 0.25) is 0 Å². The van der Waals surface area contributed by atoms with Gasteiger partial charge in [0.1, 0.15) is 0 Å². The van der Waals surface area contributed by atoms with E-state index >= 15 is 0 Å². The normalized spacial score (nSPS) is 9.76. The summed E-state index contributed by atoms with van der Waals surface area (Å²) < 4.78 is 0. The first-order valence-electron chi connectivity index (χ1n) is 6.65. The lowest BCUT2D eigenvalue weighted by Gasteiger charge is -2.12. The molecule has 0 aromatic heterocycles. The summed E-state index contributed by atoms with van der Waals surface area (Å²) in [7, 11) is 3.91. The highest BCUT2D eigenvalue weighted by molar-refractivity contribution is 6.04. The molecule has 0 fully saturated rings. The molecule has 0 aliphatic rings. The van der Waals surface area contributed by atoms with Gasteiger partial charge in [0.25, 0.3) is 5.91 Å². The quantitative estimate of drug-likeness (QED) is 0.935. The van der Waals surface area contributed by atoms with Gasteiger partial charge < -0.3 is 10.2 Å². The predicted octanol–water partition coefficient (Wildman–Crippen LogP) is 3.07. The molecule has 0 heterocycles. The molecule has 1 N–H and O–H groups in total. The molecule has 0 bridgehead atoms. The number of carbonyl (C=O) groups is 1. The molecule has 106 valence electrons. The smallest absolute Gasteiger partial charge is 0.255 e. The fourth-order valence-corrected chi connectivity index (χ4v) is 1.91. The van der Waals surface area contributed by atoms with Gasteiger partial charge in [-0.3, -0.25) is 4.79 Å². The van der Waals surface area contributed by atoms with Gasteiger partial charge >= 0.3 is 0 Å². The molecule has 0 atom stereocenters. The molecule has 2 aromatic rings. The van der Waals surface area contributed by atoms with Gasteiger partial charge in [-0.2, -0.15) is 5.26 Å². The van der Waals surface area contributed by atoms with Crippen molar-refractivity contribution < 1.29 is 4.79 Å². The standard InChI is InChI=1S/C17H17N3O/c1-20(2)16-9-5-14(6-10-16)17(21)19-15-7-3-13(4-8-15)11-12-18/h3-10H,11H2,1-2H3,(H,19,21). The highest BCUT2D eigenvalue weighted by Crippen LogP contribution is 2.15. The van der Waals surface area contributed by atoms with E-state index in [4.69, 9.17) is 5.26 Å². The maximum atomic E-state index is 12.1. The number of nitriles is 1. The van der Waals surface area contributed by atoms with Crippen molar-refractivity contribution in [3.05, 3.63) is 59.7 Å². The summed E-state index contributed by atoms with van der Waals surface area (Å²) in [5.41, 5.74) is 3.32. The van der Waals surface area contributed by atoms with Crippen molar-refractivity contribution in [3.63, 3.8) is 0 Å². The first kappa shape index (κ1) is 14.6. The van der Waals surface area contributed by atoms with Gasteiger partial charge in [0.05, 0.1) is 12.5 Å². The summed E-state index contributed by atoms with van der Waals surface area (Å²) >= 11 is 0. The summed E-state index contributed by atoms with van der Waals surface area (Å²) in [5, 5.41) is 11.5. The predicted molar refractivity (Wildman–Crippen MR) is 84.5 cm³/mol. The van der Waals surface area contributed by atoms with Crippen molar-refractivity contribution in [2.75, 3.05) is 24.3 Å². The van der Waals surface area contributed by atoms with Crippen molar-refractivity contribution in [2.24, 2.45) is 0 Å². The number of carbonyl (C=O) groups excluding carboxylic acids is 1. The van der Waals surface area contributed by atoms with Crippen LogP contribution in [0.25, 0.3) is 0 Å². The van der Waals surface area contributed by atoms with Crippen molar-refractivity contribution in [1.29, 1.82) is 5.26 Å². The first-order chi connectivity index (χ1) is 10.1. The van der Waals surface area contributed by atoms with Crippen molar-refractivity contribution in [1.82, 2.24) is 0 Å². The highest BCUT2D eigenvalue weighted by atomic mass is 16.1. The monoisotopic (exact) mass is 279 g/mol. The molecule has 0 unspecified atom stereocenters. The summed E-state index contributed by atoms with van der Waals surface area (Å²) in [5.74, 6) is -0.145. The molecule has 0 aliphatic carbocycles. The molecule has 0 saturated heterocycles. The Morgan fingerprint density at radius 3 is 2.24 bits per heavy atom. The zero-order valence-corrected chi connectivity index (χ0v) is 12.1. The van der Waals surface area contributed by atoms with E-state index in [0.717, 1.165) is 16.9 Å². The molecule has 2 rings (SSSR count). The first-order valence-corrected chi connectivity index (χ1v) is 6.65. The van der Waals surface area contributed by atoms with E-state index in [0.29, 0.717) is 12.0 Å². The molecule has 4 nitrogen and oxygen atoms in total. The Morgan fingerprint density at radius 1 is 1.10 bits per heavy atom. The third kappa shape index (κ3) is 3.83. The molecule has 4 heteroatoms. The minimum absolute atomic E-state index is 0.145. The van der Waals surface area contributed by atoms with E-state index in [9.17, 15) is 4.79 Å². The molecule has 0 aliphatic heterocycles. The second-order valence-corrected chi connectivity index (χ2v) is 4.93. The van der Waals surface area contributed by atoms with Crippen LogP contribution >= 0.6 is 0 Å². The van der Waals surface area contributed by atoms with Crippen molar-refractivity contribution in [3.8, 4) is 6.07 Å². The Kier molecular flexibility index (Phi) is 4.57. The number of hydrogen-bond acceptors (Lipinski definition) is 3. The number of nitrogens with one attached hydrogen (secondary N) is 1. The lowest BCUT2D eigenvalue weighted by Crippen LogP contribution is -2.13. The van der Waals surface area contributed by atoms with Crippen LogP contribution in [0, 0.1) is 11.3 Å². The minimum Gasteiger partial charge on any atom is -0.378 e. The zero-order valence-electron chi connectivity index (χ0n) is 12.1. The lowest BCUT2D eigenvalue weighted by molar-refractivity contribution is 0.102. The van der Waals surface area contributed by atoms with Crippen LogP contribution in [0.15, 0.2) is 48.5 Å². The Morgan fingerprint density at radius 2 is 1.71 bits per heavy atom. The topological polar surface area (TPSA) is 56.1 Å². The fraction of sp³-hybridized carbons (Fsp3) is 0.176. The number of amides is 1. The second kappa shape index (κ2) is 6.58. The average molecular weight is 279 g/mol. The van der Waals surface area contributed by atoms with Crippen LogP contribution < -0.4 is 10.2 Å². The molecule has 0 spiro atoms. The Balaban J connectivity index is 2.05. The van der Waals surface area contributed by atoms with Crippen LogP contribution in [0.4, 0.5) is 11.4 Å². The summed E-state index contributed by atoms with van der Waals surface area (Å²) in [6.45, 7) is 0. The number of rotatable bonds is 4. The highest BCUT2D eigenvalue weighted by Gasteiger charge is 2.06. The minimum atomic E-state index is -0.145. The van der Waals surface area contributed by atoms with Crippen LogP contribution in [0.5, 0.6) is 0 Å². The van der Waals surface area contributed by atoms with E-state index in [2.05, 4.69) is 11.4 Å². The largest absolute Gasteiger partial charge is 0.378 e. The SMILES string of the molecule is CN(C)c1ccc(C(=O)Nc2ccc(CC#N)cc2)cc1. The van der Waals surface area contributed by atoms with Gasteiger partial charge in [0.15, 0.2) is 0 Å². The molecule has 21 heavy (non-hydrogen) atoms. The van der Waals surface area contributed by atoms with E-state index in [1.807, 2.05) is 43.3 Å². The second-order valence-electron chi connectivity index (χ2n) is 4.93. The number of benzene rings is 2. The van der Waals surface area contributed by atoms with E-state index in [-0.39, 0.29) is 5.91 Å². The maximum Gasteiger partial charge on any atom is 0.255 e. The molecular weight excluding hydrogens is 262 g/mol. The Bertz CT molecular complexity index is 652. The zero-order chi connectivity index (χ0) is 15.2. The van der Waals surface area contributed by atoms with E-state index < -0.39 is 0 Å². The van der Waals surface area contributed by atoms with Crippen LogP contribution in [0.3, 0.4) is 0 Å². The molecule has 2 aromatic carbocycles. The number of hydrogen-bond donors (Lipinski definition) is 1. The van der Waals surface area contributed by atoms with E-state index in [1.54, 1.807) is 24.3 Å². The summed E-state index contributed by atoms with van der Waals surface area (Å²) in [6, 6.07) is 16.8. The van der Waals surface area contributed by atoms with Gasteiger partial charge in [0, 0.05) is 31.0 Å². The molecular formula is C17H17N3O. The third-order valence-corrected chi connectivity index (χ3v) is 3.14. The van der Waals surface area contributed by atoms with Crippen LogP contribution in [-0.2, 0) is 6.42 Å².